The highest BCUT2D eigenvalue weighted by Crippen LogP contribution is 2.35. The van der Waals surface area contributed by atoms with Crippen molar-refractivity contribution in [2.45, 2.75) is 38.1 Å². The predicted octanol–water partition coefficient (Wildman–Crippen LogP) is 2.94. The number of para-hydroxylation sites is 1. The van der Waals surface area contributed by atoms with E-state index in [1.807, 2.05) is 6.07 Å². The molecule has 1 saturated carbocycles. The Hall–Kier alpha value is -1.02. The molecular weight excluding hydrogens is 210 g/mol. The highest BCUT2D eigenvalue weighted by Gasteiger charge is 2.26. The lowest BCUT2D eigenvalue weighted by Gasteiger charge is -2.16. The first-order chi connectivity index (χ1) is 8.33. The number of hydrogen-bond donors (Lipinski definition) is 1. The van der Waals surface area contributed by atoms with Crippen molar-refractivity contribution in [3.63, 3.8) is 0 Å². The van der Waals surface area contributed by atoms with Gasteiger partial charge >= 0.3 is 0 Å². The fraction of sp³-hybridized carbons (Fsp3) is 0.600. The Labute approximate surface area is 103 Å². The molecule has 0 bridgehead atoms. The van der Waals surface area contributed by atoms with E-state index >= 15 is 0 Å². The van der Waals surface area contributed by atoms with Crippen LogP contribution in [0.3, 0.4) is 0 Å². The fourth-order valence-electron chi connectivity index (χ4n) is 2.68. The molecule has 0 aromatic heterocycles. The number of fused-ring (bicyclic) bond motifs is 1. The third kappa shape index (κ3) is 2.63. The molecule has 1 aromatic rings. The maximum Gasteiger partial charge on any atom is 0.122 e. The lowest BCUT2D eigenvalue weighted by atomic mass is 10.0. The highest BCUT2D eigenvalue weighted by atomic mass is 16.5. The van der Waals surface area contributed by atoms with Gasteiger partial charge in [-0.1, -0.05) is 31.0 Å². The summed E-state index contributed by atoms with van der Waals surface area (Å²) in [5.74, 6) is 2.62. The molecule has 1 N–H and O–H groups in total. The van der Waals surface area contributed by atoms with E-state index in [-0.39, 0.29) is 0 Å². The van der Waals surface area contributed by atoms with E-state index in [0.717, 1.165) is 24.8 Å². The normalized spacial score (nSPS) is 24.2. The van der Waals surface area contributed by atoms with Crippen LogP contribution >= 0.6 is 0 Å². The maximum absolute atomic E-state index is 5.70. The second kappa shape index (κ2) is 4.69. The van der Waals surface area contributed by atoms with Crippen LogP contribution < -0.4 is 10.1 Å². The van der Waals surface area contributed by atoms with E-state index in [2.05, 4.69) is 30.4 Å². The predicted molar refractivity (Wildman–Crippen MR) is 69.5 cm³/mol. The summed E-state index contributed by atoms with van der Waals surface area (Å²) in [6, 6.07) is 9.07. The van der Waals surface area contributed by atoms with Gasteiger partial charge in [0.05, 0.1) is 6.61 Å². The molecule has 3 rings (SSSR count). The van der Waals surface area contributed by atoms with Gasteiger partial charge in [-0.2, -0.15) is 0 Å². The van der Waals surface area contributed by atoms with Gasteiger partial charge in [-0.15, -0.1) is 0 Å². The van der Waals surface area contributed by atoms with E-state index < -0.39 is 0 Å². The summed E-state index contributed by atoms with van der Waals surface area (Å²) in [5.41, 5.74) is 1.37. The molecule has 2 nitrogen and oxygen atoms in total. The number of nitrogens with one attached hydrogen (secondary N) is 1. The van der Waals surface area contributed by atoms with Gasteiger partial charge in [0, 0.05) is 24.1 Å². The van der Waals surface area contributed by atoms with E-state index in [0.29, 0.717) is 12.0 Å². The van der Waals surface area contributed by atoms with Crippen molar-refractivity contribution in [3.05, 3.63) is 29.8 Å². The minimum absolute atomic E-state index is 0.535. The first kappa shape index (κ1) is 11.1. The topological polar surface area (TPSA) is 21.3 Å². The van der Waals surface area contributed by atoms with Gasteiger partial charge < -0.3 is 10.1 Å². The minimum atomic E-state index is 0.535. The molecule has 2 unspecified atom stereocenters. The third-order valence-electron chi connectivity index (χ3n) is 3.90. The van der Waals surface area contributed by atoms with Crippen LogP contribution in [0.4, 0.5) is 0 Å². The Balaban J connectivity index is 1.52. The van der Waals surface area contributed by atoms with Crippen molar-refractivity contribution < 1.29 is 4.74 Å². The molecule has 92 valence electrons. The average molecular weight is 231 g/mol. The van der Waals surface area contributed by atoms with Crippen molar-refractivity contribution in [3.8, 4) is 5.75 Å². The SMILES string of the molecule is CC(CC1CC1)NCC1COc2ccccc21. The zero-order chi connectivity index (χ0) is 11.7. The van der Waals surface area contributed by atoms with E-state index in [9.17, 15) is 0 Å². The molecule has 0 amide bonds. The average Bonchev–Trinajstić information content (AvgIpc) is 3.06. The molecule has 17 heavy (non-hydrogen) atoms. The van der Waals surface area contributed by atoms with E-state index in [4.69, 9.17) is 4.74 Å². The summed E-state index contributed by atoms with van der Waals surface area (Å²) in [6.07, 6.45) is 4.23. The van der Waals surface area contributed by atoms with Gasteiger partial charge in [0.25, 0.3) is 0 Å². The molecule has 2 atom stereocenters. The number of hydrogen-bond acceptors (Lipinski definition) is 2. The summed E-state index contributed by atoms with van der Waals surface area (Å²) >= 11 is 0. The largest absolute Gasteiger partial charge is 0.493 e. The molecule has 1 aliphatic heterocycles. The van der Waals surface area contributed by atoms with Gasteiger partial charge in [-0.05, 0) is 25.3 Å². The van der Waals surface area contributed by atoms with Crippen molar-refractivity contribution in [1.82, 2.24) is 5.32 Å². The first-order valence-electron chi connectivity index (χ1n) is 6.78. The lowest BCUT2D eigenvalue weighted by Crippen LogP contribution is -2.31. The monoisotopic (exact) mass is 231 g/mol. The van der Waals surface area contributed by atoms with Gasteiger partial charge in [-0.3, -0.25) is 0 Å². The summed E-state index contributed by atoms with van der Waals surface area (Å²) in [7, 11) is 0. The van der Waals surface area contributed by atoms with Gasteiger partial charge in [0.15, 0.2) is 0 Å². The number of rotatable bonds is 5. The van der Waals surface area contributed by atoms with Gasteiger partial charge in [0.2, 0.25) is 0 Å². The third-order valence-corrected chi connectivity index (χ3v) is 3.90. The zero-order valence-electron chi connectivity index (χ0n) is 10.5. The Morgan fingerprint density at radius 2 is 2.18 bits per heavy atom. The molecule has 2 heteroatoms. The van der Waals surface area contributed by atoms with Crippen LogP contribution in [0.15, 0.2) is 24.3 Å². The summed E-state index contributed by atoms with van der Waals surface area (Å²) < 4.78 is 5.70. The summed E-state index contributed by atoms with van der Waals surface area (Å²) in [5, 5.41) is 3.66. The van der Waals surface area contributed by atoms with E-state index in [1.54, 1.807) is 0 Å². The van der Waals surface area contributed by atoms with Crippen LogP contribution in [0.1, 0.15) is 37.7 Å². The Morgan fingerprint density at radius 3 is 3.00 bits per heavy atom. The number of benzene rings is 1. The van der Waals surface area contributed by atoms with Gasteiger partial charge in [-0.25, -0.2) is 0 Å². The van der Waals surface area contributed by atoms with Crippen LogP contribution in [-0.2, 0) is 0 Å². The zero-order valence-corrected chi connectivity index (χ0v) is 10.5. The molecule has 1 aliphatic carbocycles. The molecule has 0 radical (unpaired) electrons. The van der Waals surface area contributed by atoms with Crippen LogP contribution in [-0.4, -0.2) is 19.2 Å². The molecule has 1 fully saturated rings. The Morgan fingerprint density at radius 1 is 1.35 bits per heavy atom. The summed E-state index contributed by atoms with van der Waals surface area (Å²) in [4.78, 5) is 0. The van der Waals surface area contributed by atoms with Crippen molar-refractivity contribution >= 4 is 0 Å². The van der Waals surface area contributed by atoms with Crippen LogP contribution in [0.5, 0.6) is 5.75 Å². The Bertz CT molecular complexity index is 386. The van der Waals surface area contributed by atoms with Crippen molar-refractivity contribution in [2.24, 2.45) is 5.92 Å². The second-order valence-corrected chi connectivity index (χ2v) is 5.53. The maximum atomic E-state index is 5.70. The van der Waals surface area contributed by atoms with Crippen molar-refractivity contribution in [2.75, 3.05) is 13.2 Å². The smallest absolute Gasteiger partial charge is 0.122 e. The van der Waals surface area contributed by atoms with Gasteiger partial charge in [0.1, 0.15) is 5.75 Å². The highest BCUT2D eigenvalue weighted by molar-refractivity contribution is 5.39. The standard InChI is InChI=1S/C15H21NO/c1-11(8-12-6-7-12)16-9-13-10-17-15-5-3-2-4-14(13)15/h2-5,11-13,16H,6-10H2,1H3. The fourth-order valence-corrected chi connectivity index (χ4v) is 2.68. The second-order valence-electron chi connectivity index (χ2n) is 5.53. The van der Waals surface area contributed by atoms with Crippen LogP contribution in [0, 0.1) is 5.92 Å². The quantitative estimate of drug-likeness (QED) is 0.841. The van der Waals surface area contributed by atoms with Crippen LogP contribution in [0.25, 0.3) is 0 Å². The minimum Gasteiger partial charge on any atom is -0.493 e. The van der Waals surface area contributed by atoms with Crippen molar-refractivity contribution in [1.29, 1.82) is 0 Å². The summed E-state index contributed by atoms with van der Waals surface area (Å²) in [6.45, 7) is 4.19. The molecule has 2 aliphatic rings. The first-order valence-corrected chi connectivity index (χ1v) is 6.78. The molecule has 0 saturated heterocycles. The lowest BCUT2D eigenvalue weighted by molar-refractivity contribution is 0.321. The van der Waals surface area contributed by atoms with E-state index in [1.165, 1.54) is 24.8 Å². The van der Waals surface area contributed by atoms with Crippen LogP contribution in [0.2, 0.25) is 0 Å². The molecule has 1 aromatic carbocycles. The number of ether oxygens (including phenoxy) is 1. The Kier molecular flexibility index (Phi) is 3.06. The molecular formula is C15H21NO. The molecule has 0 spiro atoms. The molecule has 1 heterocycles.